The molecular weight excluding hydrogens is 350 g/mol. The third-order valence-corrected chi connectivity index (χ3v) is 4.31. The van der Waals surface area contributed by atoms with E-state index in [0.29, 0.717) is 11.7 Å². The van der Waals surface area contributed by atoms with Crippen LogP contribution in [0, 0.1) is 0 Å². The van der Waals surface area contributed by atoms with Crippen molar-refractivity contribution < 1.29 is 0 Å². The topological polar surface area (TPSA) is 45.1 Å². The Kier molecular flexibility index (Phi) is 8.87. The molecule has 0 radical (unpaired) electrons. The number of nitrogens with one attached hydrogen (secondary N) is 2. The van der Waals surface area contributed by atoms with Crippen LogP contribution in [0.5, 0.6) is 0 Å². The number of aromatic nitrogens is 2. The van der Waals surface area contributed by atoms with Gasteiger partial charge >= 0.3 is 0 Å². The number of halogens is 1. The van der Waals surface area contributed by atoms with Crippen molar-refractivity contribution >= 4 is 33.3 Å². The minimum absolute atomic E-state index is 0.634. The van der Waals surface area contributed by atoms with E-state index in [9.17, 15) is 0 Å². The van der Waals surface area contributed by atoms with Crippen LogP contribution in [-0.4, -0.2) is 46.0 Å². The first-order valence-electron chi connectivity index (χ1n) is 7.56. The maximum atomic E-state index is 5.28. The maximum Gasteiger partial charge on any atom is 0.166 e. The predicted octanol–water partition coefficient (Wildman–Crippen LogP) is 2.36. The minimum Gasteiger partial charge on any atom is -0.363 e. The van der Waals surface area contributed by atoms with Crippen LogP contribution >= 0.6 is 28.1 Å². The zero-order valence-electron chi connectivity index (χ0n) is 13.2. The number of rotatable bonds is 9. The summed E-state index contributed by atoms with van der Waals surface area (Å²) in [4.78, 5) is 2.41. The third-order valence-electron chi connectivity index (χ3n) is 3.36. The average Bonchev–Trinajstić information content (AvgIpc) is 2.85. The molecule has 120 valence electrons. The van der Waals surface area contributed by atoms with E-state index in [1.807, 2.05) is 10.9 Å². The summed E-state index contributed by atoms with van der Waals surface area (Å²) in [5.41, 5.74) is 0.976. The first kappa shape index (κ1) is 18.4. The molecule has 0 unspecified atom stereocenters. The van der Waals surface area contributed by atoms with Crippen LogP contribution in [0.3, 0.4) is 0 Å². The molecule has 1 aromatic rings. The summed E-state index contributed by atoms with van der Waals surface area (Å²) in [6.45, 7) is 12.2. The average molecular weight is 376 g/mol. The minimum atomic E-state index is 0.634. The van der Waals surface area contributed by atoms with Gasteiger partial charge in [-0.15, -0.1) is 0 Å². The summed E-state index contributed by atoms with van der Waals surface area (Å²) in [5, 5.41) is 11.6. The van der Waals surface area contributed by atoms with Crippen LogP contribution in [0.25, 0.3) is 0 Å². The number of hydrogen-bond acceptors (Lipinski definition) is 3. The molecule has 0 spiro atoms. The molecule has 5 nitrogen and oxygen atoms in total. The van der Waals surface area contributed by atoms with E-state index < -0.39 is 0 Å². The fourth-order valence-electron chi connectivity index (χ4n) is 1.99. The highest BCUT2D eigenvalue weighted by Crippen LogP contribution is 2.14. The number of thiocarbonyl (C=S) groups is 1. The Morgan fingerprint density at radius 1 is 1.33 bits per heavy atom. The standard InChI is InChI=1S/C14H26BrN5S/c1-4-19(5-2)9-7-8-16-14(21)17-10-13-12(15)11-20(6-3)18-13/h11H,4-10H2,1-3H3,(H2,16,17,21). The maximum absolute atomic E-state index is 5.28. The Morgan fingerprint density at radius 3 is 2.62 bits per heavy atom. The van der Waals surface area contributed by atoms with Gasteiger partial charge in [-0.2, -0.15) is 5.10 Å². The fraction of sp³-hybridized carbons (Fsp3) is 0.714. The highest BCUT2D eigenvalue weighted by molar-refractivity contribution is 9.10. The zero-order valence-corrected chi connectivity index (χ0v) is 15.6. The highest BCUT2D eigenvalue weighted by Gasteiger charge is 2.06. The molecule has 0 aromatic carbocycles. The Balaban J connectivity index is 2.20. The monoisotopic (exact) mass is 375 g/mol. The van der Waals surface area contributed by atoms with Gasteiger partial charge < -0.3 is 15.5 Å². The molecule has 1 heterocycles. The van der Waals surface area contributed by atoms with Crippen LogP contribution < -0.4 is 10.6 Å². The first-order chi connectivity index (χ1) is 10.1. The van der Waals surface area contributed by atoms with Crippen LogP contribution in [0.2, 0.25) is 0 Å². The summed E-state index contributed by atoms with van der Waals surface area (Å²) in [6.07, 6.45) is 3.08. The summed E-state index contributed by atoms with van der Waals surface area (Å²) in [5.74, 6) is 0. The lowest BCUT2D eigenvalue weighted by atomic mass is 10.3. The van der Waals surface area contributed by atoms with E-state index >= 15 is 0 Å². The van der Waals surface area contributed by atoms with Crippen LogP contribution in [0.15, 0.2) is 10.7 Å². The van der Waals surface area contributed by atoms with Crippen molar-refractivity contribution in [1.82, 2.24) is 25.3 Å². The second-order valence-corrected chi connectivity index (χ2v) is 6.03. The smallest absolute Gasteiger partial charge is 0.166 e. The zero-order chi connectivity index (χ0) is 15.7. The van der Waals surface area contributed by atoms with Gasteiger partial charge in [-0.1, -0.05) is 13.8 Å². The molecule has 2 N–H and O–H groups in total. The van der Waals surface area contributed by atoms with E-state index in [4.69, 9.17) is 12.2 Å². The molecule has 1 aromatic heterocycles. The van der Waals surface area contributed by atoms with Gasteiger partial charge in [-0.25, -0.2) is 0 Å². The van der Waals surface area contributed by atoms with Gasteiger partial charge in [0, 0.05) is 19.3 Å². The predicted molar refractivity (Wildman–Crippen MR) is 95.4 cm³/mol. The molecule has 1 rings (SSSR count). The van der Waals surface area contributed by atoms with Gasteiger partial charge in [0.25, 0.3) is 0 Å². The second kappa shape index (κ2) is 10.1. The second-order valence-electron chi connectivity index (χ2n) is 4.77. The molecule has 0 saturated heterocycles. The SMILES string of the molecule is CCN(CC)CCCNC(=S)NCc1nn(CC)cc1Br. The van der Waals surface area contributed by atoms with E-state index in [0.717, 1.165) is 49.3 Å². The Hall–Kier alpha value is -0.660. The fourth-order valence-corrected chi connectivity index (χ4v) is 2.62. The number of nitrogens with zero attached hydrogens (tertiary/aromatic N) is 3. The van der Waals surface area contributed by atoms with Gasteiger partial charge in [-0.3, -0.25) is 4.68 Å². The summed E-state index contributed by atoms with van der Waals surface area (Å²) in [6, 6.07) is 0. The first-order valence-corrected chi connectivity index (χ1v) is 8.76. The summed E-state index contributed by atoms with van der Waals surface area (Å²) < 4.78 is 2.92. The third kappa shape index (κ3) is 6.76. The molecule has 7 heteroatoms. The number of hydrogen-bond donors (Lipinski definition) is 2. The van der Waals surface area contributed by atoms with Crippen molar-refractivity contribution in [3.63, 3.8) is 0 Å². The molecular formula is C14H26BrN5S. The number of aryl methyl sites for hydroxylation is 1. The lowest BCUT2D eigenvalue weighted by Crippen LogP contribution is -2.36. The van der Waals surface area contributed by atoms with Crippen molar-refractivity contribution in [2.45, 2.75) is 40.3 Å². The quantitative estimate of drug-likeness (QED) is 0.512. The molecule has 0 bridgehead atoms. The van der Waals surface area contributed by atoms with Gasteiger partial charge in [0.1, 0.15) is 0 Å². The van der Waals surface area contributed by atoms with Gasteiger partial charge in [0.2, 0.25) is 0 Å². The summed E-state index contributed by atoms with van der Waals surface area (Å²) >= 11 is 8.79. The highest BCUT2D eigenvalue weighted by atomic mass is 79.9. The van der Waals surface area contributed by atoms with Crippen molar-refractivity contribution in [2.75, 3.05) is 26.2 Å². The molecule has 0 fully saturated rings. The van der Waals surface area contributed by atoms with Crippen molar-refractivity contribution in [2.24, 2.45) is 0 Å². The molecule has 0 aliphatic carbocycles. The molecule has 0 aliphatic heterocycles. The van der Waals surface area contributed by atoms with E-state index in [1.165, 1.54) is 0 Å². The van der Waals surface area contributed by atoms with Gasteiger partial charge in [-0.05, 0) is 61.1 Å². The van der Waals surface area contributed by atoms with E-state index in [2.05, 4.69) is 57.3 Å². The largest absolute Gasteiger partial charge is 0.363 e. The van der Waals surface area contributed by atoms with Crippen molar-refractivity contribution in [3.05, 3.63) is 16.4 Å². The lowest BCUT2D eigenvalue weighted by Gasteiger charge is -2.18. The van der Waals surface area contributed by atoms with E-state index in [-0.39, 0.29) is 0 Å². The molecule has 0 atom stereocenters. The Morgan fingerprint density at radius 2 is 2.05 bits per heavy atom. The molecule has 0 saturated carbocycles. The van der Waals surface area contributed by atoms with E-state index in [1.54, 1.807) is 0 Å². The van der Waals surface area contributed by atoms with Crippen molar-refractivity contribution in [3.8, 4) is 0 Å². The van der Waals surface area contributed by atoms with Crippen LogP contribution in [0.4, 0.5) is 0 Å². The summed E-state index contributed by atoms with van der Waals surface area (Å²) in [7, 11) is 0. The van der Waals surface area contributed by atoms with Gasteiger partial charge in [0.15, 0.2) is 5.11 Å². The lowest BCUT2D eigenvalue weighted by molar-refractivity contribution is 0.300. The van der Waals surface area contributed by atoms with Crippen LogP contribution in [0.1, 0.15) is 32.9 Å². The molecule has 0 amide bonds. The normalized spacial score (nSPS) is 10.9. The molecule has 21 heavy (non-hydrogen) atoms. The Bertz CT molecular complexity index is 431. The Labute approximate surface area is 141 Å². The molecule has 0 aliphatic rings. The van der Waals surface area contributed by atoms with Crippen molar-refractivity contribution in [1.29, 1.82) is 0 Å². The van der Waals surface area contributed by atoms with Crippen LogP contribution in [-0.2, 0) is 13.1 Å². The van der Waals surface area contributed by atoms with Gasteiger partial charge in [0.05, 0.1) is 16.7 Å².